The second-order valence-electron chi connectivity index (χ2n) is 5.23. The zero-order valence-corrected chi connectivity index (χ0v) is 11.8. The molecule has 1 rings (SSSR count). The topological polar surface area (TPSA) is 52.9 Å². The van der Waals surface area contributed by atoms with E-state index in [0.29, 0.717) is 11.0 Å². The van der Waals surface area contributed by atoms with Gasteiger partial charge in [-0.3, -0.25) is 4.79 Å². The molecule has 0 aromatic rings. The number of hydrogen-bond donors (Lipinski definition) is 1. The average molecular weight is 254 g/mol. The van der Waals surface area contributed by atoms with E-state index in [0.717, 1.165) is 0 Å². The number of nitrogens with zero attached hydrogens (tertiary/aromatic N) is 1. The molecule has 0 unspecified atom stereocenters. The van der Waals surface area contributed by atoms with Crippen molar-refractivity contribution in [2.45, 2.75) is 57.2 Å². The van der Waals surface area contributed by atoms with Gasteiger partial charge in [-0.1, -0.05) is 26.7 Å². The molecule has 0 heterocycles. The number of carbonyl (C=O) groups is 1. The summed E-state index contributed by atoms with van der Waals surface area (Å²) in [6, 6.07) is 2.20. The normalized spacial score (nSPS) is 19.9. The molecule has 0 bridgehead atoms. The Labute approximate surface area is 108 Å². The van der Waals surface area contributed by atoms with Crippen LogP contribution in [-0.2, 0) is 4.79 Å². The number of amides is 1. The van der Waals surface area contributed by atoms with Crippen LogP contribution in [0.1, 0.15) is 46.5 Å². The summed E-state index contributed by atoms with van der Waals surface area (Å²) >= 11 is 1.73. The van der Waals surface area contributed by atoms with E-state index in [-0.39, 0.29) is 11.8 Å². The Morgan fingerprint density at radius 3 is 2.59 bits per heavy atom. The first-order valence-corrected chi connectivity index (χ1v) is 7.36. The number of carbonyl (C=O) groups excluding carboxylic acids is 1. The third-order valence-electron chi connectivity index (χ3n) is 3.54. The lowest BCUT2D eigenvalue weighted by Crippen LogP contribution is -2.49. The zero-order valence-electron chi connectivity index (χ0n) is 11.0. The third kappa shape index (κ3) is 4.23. The minimum absolute atomic E-state index is 0.0142. The molecule has 0 spiro atoms. The number of thioether (sulfide) groups is 1. The smallest absolute Gasteiger partial charge is 0.231 e. The number of hydrogen-bond acceptors (Lipinski definition) is 3. The molecule has 4 heteroatoms. The van der Waals surface area contributed by atoms with E-state index in [9.17, 15) is 4.79 Å². The Morgan fingerprint density at radius 2 is 2.12 bits per heavy atom. The van der Waals surface area contributed by atoms with Crippen LogP contribution in [0.5, 0.6) is 0 Å². The predicted molar refractivity (Wildman–Crippen MR) is 71.7 cm³/mol. The minimum Gasteiger partial charge on any atom is -0.337 e. The van der Waals surface area contributed by atoms with Crippen LogP contribution >= 0.6 is 11.8 Å². The van der Waals surface area contributed by atoms with Crippen LogP contribution in [0.3, 0.4) is 0 Å². The van der Waals surface area contributed by atoms with Gasteiger partial charge in [0, 0.05) is 5.25 Å². The summed E-state index contributed by atoms with van der Waals surface area (Å²) in [4.78, 5) is 11.8. The second kappa shape index (κ2) is 6.30. The number of rotatable bonds is 5. The Morgan fingerprint density at radius 1 is 1.53 bits per heavy atom. The van der Waals surface area contributed by atoms with Crippen molar-refractivity contribution in [3.63, 3.8) is 0 Å². The maximum Gasteiger partial charge on any atom is 0.231 e. The standard InChI is InChI=1S/C13H22N2OS/c1-10(2)13(3,9-14)15-12(16)8-17-11-6-4-5-7-11/h10-11H,4-8H2,1-3H3,(H,15,16)/t13-/m0/s1. The quantitative estimate of drug-likeness (QED) is 0.820. The van der Waals surface area contributed by atoms with Gasteiger partial charge in [0.05, 0.1) is 11.8 Å². The van der Waals surface area contributed by atoms with E-state index in [1.54, 1.807) is 18.7 Å². The van der Waals surface area contributed by atoms with Crippen LogP contribution in [-0.4, -0.2) is 22.4 Å². The fourth-order valence-corrected chi connectivity index (χ4v) is 3.00. The summed E-state index contributed by atoms with van der Waals surface area (Å²) < 4.78 is 0. The van der Waals surface area contributed by atoms with E-state index in [1.807, 2.05) is 13.8 Å². The molecule has 1 atom stereocenters. The molecule has 0 aliphatic heterocycles. The van der Waals surface area contributed by atoms with Gasteiger partial charge >= 0.3 is 0 Å². The van der Waals surface area contributed by atoms with E-state index in [1.165, 1.54) is 25.7 Å². The van der Waals surface area contributed by atoms with Gasteiger partial charge in [0.15, 0.2) is 0 Å². The molecule has 0 radical (unpaired) electrons. The van der Waals surface area contributed by atoms with E-state index < -0.39 is 5.54 Å². The number of nitriles is 1. The molecule has 0 aromatic carbocycles. The van der Waals surface area contributed by atoms with Gasteiger partial charge < -0.3 is 5.32 Å². The SMILES string of the molecule is CC(C)[C@](C)(C#N)NC(=O)CSC1CCCC1. The molecule has 1 saturated carbocycles. The maximum absolute atomic E-state index is 11.8. The highest BCUT2D eigenvalue weighted by Crippen LogP contribution is 2.29. The first kappa shape index (κ1) is 14.4. The summed E-state index contributed by atoms with van der Waals surface area (Å²) in [5.74, 6) is 0.585. The van der Waals surface area contributed by atoms with Gasteiger partial charge in [0.25, 0.3) is 0 Å². The highest BCUT2D eigenvalue weighted by atomic mass is 32.2. The highest BCUT2D eigenvalue weighted by molar-refractivity contribution is 8.00. The van der Waals surface area contributed by atoms with Crippen LogP contribution in [0.4, 0.5) is 0 Å². The van der Waals surface area contributed by atoms with Crippen molar-refractivity contribution in [3.05, 3.63) is 0 Å². The van der Waals surface area contributed by atoms with Crippen molar-refractivity contribution < 1.29 is 4.79 Å². The van der Waals surface area contributed by atoms with Crippen molar-refractivity contribution in [2.75, 3.05) is 5.75 Å². The second-order valence-corrected chi connectivity index (χ2v) is 6.52. The number of nitrogens with one attached hydrogen (secondary N) is 1. The van der Waals surface area contributed by atoms with Crippen LogP contribution in [0.25, 0.3) is 0 Å². The third-order valence-corrected chi connectivity index (χ3v) is 4.91. The lowest BCUT2D eigenvalue weighted by molar-refractivity contribution is -0.120. The summed E-state index contributed by atoms with van der Waals surface area (Å²) in [6.45, 7) is 5.69. The van der Waals surface area contributed by atoms with Crippen LogP contribution in [0, 0.1) is 17.2 Å². The zero-order chi connectivity index (χ0) is 12.9. The Bertz CT molecular complexity index is 305. The molecular formula is C13H22N2OS. The highest BCUT2D eigenvalue weighted by Gasteiger charge is 2.30. The van der Waals surface area contributed by atoms with Crippen molar-refractivity contribution in [2.24, 2.45) is 5.92 Å². The molecule has 1 fully saturated rings. The molecule has 0 aromatic heterocycles. The van der Waals surface area contributed by atoms with Crippen molar-refractivity contribution >= 4 is 17.7 Å². The van der Waals surface area contributed by atoms with E-state index in [2.05, 4.69) is 11.4 Å². The van der Waals surface area contributed by atoms with Crippen molar-refractivity contribution in [1.82, 2.24) is 5.32 Å². The van der Waals surface area contributed by atoms with Gasteiger partial charge in [-0.15, -0.1) is 11.8 Å². The molecule has 1 aliphatic carbocycles. The summed E-state index contributed by atoms with van der Waals surface area (Å²) in [7, 11) is 0. The minimum atomic E-state index is -0.743. The lowest BCUT2D eigenvalue weighted by atomic mass is 9.90. The Hall–Kier alpha value is -0.690. The molecule has 0 saturated heterocycles. The molecule has 96 valence electrons. The van der Waals surface area contributed by atoms with Crippen LogP contribution < -0.4 is 5.32 Å². The molecule has 3 nitrogen and oxygen atoms in total. The largest absolute Gasteiger partial charge is 0.337 e. The van der Waals surface area contributed by atoms with Crippen molar-refractivity contribution in [3.8, 4) is 6.07 Å². The fraction of sp³-hybridized carbons (Fsp3) is 0.846. The van der Waals surface area contributed by atoms with Gasteiger partial charge in [0.2, 0.25) is 5.91 Å². The predicted octanol–water partition coefficient (Wildman–Crippen LogP) is 2.72. The van der Waals surface area contributed by atoms with Crippen LogP contribution in [0.2, 0.25) is 0 Å². The first-order chi connectivity index (χ1) is 7.98. The van der Waals surface area contributed by atoms with Crippen LogP contribution in [0.15, 0.2) is 0 Å². The maximum atomic E-state index is 11.8. The molecular weight excluding hydrogens is 232 g/mol. The van der Waals surface area contributed by atoms with Gasteiger partial charge in [-0.2, -0.15) is 5.26 Å². The molecule has 1 N–H and O–H groups in total. The Kier molecular flexibility index (Phi) is 5.32. The van der Waals surface area contributed by atoms with E-state index >= 15 is 0 Å². The van der Waals surface area contributed by atoms with E-state index in [4.69, 9.17) is 5.26 Å². The van der Waals surface area contributed by atoms with Gasteiger partial charge in [-0.05, 0) is 25.7 Å². The fourth-order valence-electron chi connectivity index (χ4n) is 1.88. The molecule has 1 amide bonds. The Balaban J connectivity index is 2.35. The summed E-state index contributed by atoms with van der Waals surface area (Å²) in [6.07, 6.45) is 5.05. The monoisotopic (exact) mass is 254 g/mol. The summed E-state index contributed by atoms with van der Waals surface area (Å²) in [5, 5.41) is 12.6. The first-order valence-electron chi connectivity index (χ1n) is 6.32. The lowest BCUT2D eigenvalue weighted by Gasteiger charge is -2.27. The van der Waals surface area contributed by atoms with Crippen molar-refractivity contribution in [1.29, 1.82) is 5.26 Å². The molecule has 1 aliphatic rings. The summed E-state index contributed by atoms with van der Waals surface area (Å²) in [5.41, 5.74) is -0.743. The van der Waals surface area contributed by atoms with Gasteiger partial charge in [-0.25, -0.2) is 0 Å². The average Bonchev–Trinajstić information content (AvgIpc) is 2.78. The molecule has 17 heavy (non-hydrogen) atoms. The van der Waals surface area contributed by atoms with Gasteiger partial charge in [0.1, 0.15) is 5.54 Å².